The van der Waals surface area contributed by atoms with E-state index in [0.717, 1.165) is 10.6 Å². The number of benzene rings is 1. The molecule has 0 aliphatic carbocycles. The first-order valence-corrected chi connectivity index (χ1v) is 8.75. The van der Waals surface area contributed by atoms with Gasteiger partial charge in [-0.25, -0.2) is 0 Å². The molecule has 1 aromatic carbocycles. The van der Waals surface area contributed by atoms with Gasteiger partial charge in [0.1, 0.15) is 6.10 Å². The Kier molecular flexibility index (Phi) is 4.52. The van der Waals surface area contributed by atoms with Gasteiger partial charge in [-0.15, -0.1) is 21.5 Å². The molecule has 1 unspecified atom stereocenters. The smallest absolute Gasteiger partial charge is 0.210 e. The lowest BCUT2D eigenvalue weighted by molar-refractivity contribution is 0.222. The summed E-state index contributed by atoms with van der Waals surface area (Å²) in [6.07, 6.45) is -0.699. The second-order valence-electron chi connectivity index (χ2n) is 5.27. The van der Waals surface area contributed by atoms with E-state index in [9.17, 15) is 5.11 Å². The Labute approximate surface area is 137 Å². The van der Waals surface area contributed by atoms with Gasteiger partial charge < -0.3 is 10.4 Å². The minimum atomic E-state index is -0.699. The average Bonchev–Trinajstić information content (AvgIpc) is 3.18. The van der Waals surface area contributed by atoms with Crippen molar-refractivity contribution >= 4 is 33.5 Å². The first-order valence-electron chi connectivity index (χ1n) is 7.05. The number of hydrogen-bond acceptors (Lipinski definition) is 6. The highest BCUT2D eigenvalue weighted by Crippen LogP contribution is 2.31. The van der Waals surface area contributed by atoms with Crippen molar-refractivity contribution in [3.05, 3.63) is 57.2 Å². The molecule has 3 rings (SSSR count). The van der Waals surface area contributed by atoms with E-state index in [1.807, 2.05) is 29.6 Å². The summed E-state index contributed by atoms with van der Waals surface area (Å²) < 4.78 is 0. The summed E-state index contributed by atoms with van der Waals surface area (Å²) in [5.41, 5.74) is 2.26. The second kappa shape index (κ2) is 6.56. The van der Waals surface area contributed by atoms with E-state index >= 15 is 0 Å². The normalized spacial score (nSPS) is 12.5. The maximum absolute atomic E-state index is 10.3. The highest BCUT2D eigenvalue weighted by atomic mass is 32.1. The van der Waals surface area contributed by atoms with Crippen LogP contribution in [0.4, 0.5) is 10.8 Å². The van der Waals surface area contributed by atoms with Crippen molar-refractivity contribution in [2.45, 2.75) is 25.9 Å². The Morgan fingerprint density at radius 3 is 2.73 bits per heavy atom. The third kappa shape index (κ3) is 3.35. The van der Waals surface area contributed by atoms with Crippen LogP contribution in [0.2, 0.25) is 0 Å². The van der Waals surface area contributed by atoms with Gasteiger partial charge in [-0.05, 0) is 35.1 Å². The number of hydrogen-bond donors (Lipinski definition) is 2. The lowest BCUT2D eigenvalue weighted by Crippen LogP contribution is -1.95. The van der Waals surface area contributed by atoms with Crippen molar-refractivity contribution in [3.63, 3.8) is 0 Å². The Morgan fingerprint density at radius 2 is 2.00 bits per heavy atom. The zero-order valence-electron chi connectivity index (χ0n) is 12.4. The number of rotatable bonds is 5. The van der Waals surface area contributed by atoms with Crippen molar-refractivity contribution in [1.82, 2.24) is 10.2 Å². The number of aliphatic hydroxyl groups excluding tert-OH is 1. The minimum absolute atomic E-state index is 0.479. The SMILES string of the molecule is CC(C)c1cccc(Nc2nnc(C(O)c3cccs3)s2)c1. The van der Waals surface area contributed by atoms with Crippen molar-refractivity contribution in [2.75, 3.05) is 5.32 Å². The Hall–Kier alpha value is -1.76. The fraction of sp³-hybridized carbons (Fsp3) is 0.250. The molecular formula is C16H17N3OS2. The molecule has 3 aromatic rings. The Balaban J connectivity index is 1.76. The summed E-state index contributed by atoms with van der Waals surface area (Å²) in [6.45, 7) is 4.33. The van der Waals surface area contributed by atoms with E-state index in [2.05, 4.69) is 41.5 Å². The van der Waals surface area contributed by atoms with E-state index in [0.29, 0.717) is 16.1 Å². The predicted molar refractivity (Wildman–Crippen MR) is 92.1 cm³/mol. The lowest BCUT2D eigenvalue weighted by Gasteiger charge is -2.08. The van der Waals surface area contributed by atoms with Crippen molar-refractivity contribution in [3.8, 4) is 0 Å². The summed E-state index contributed by atoms with van der Waals surface area (Å²) in [5.74, 6) is 0.479. The molecule has 114 valence electrons. The highest BCUT2D eigenvalue weighted by molar-refractivity contribution is 7.15. The van der Waals surface area contributed by atoms with Crippen molar-refractivity contribution < 1.29 is 5.11 Å². The maximum atomic E-state index is 10.3. The molecule has 2 N–H and O–H groups in total. The largest absolute Gasteiger partial charge is 0.380 e. The van der Waals surface area contributed by atoms with Gasteiger partial charge in [0, 0.05) is 10.6 Å². The molecule has 0 spiro atoms. The van der Waals surface area contributed by atoms with Crippen LogP contribution in [0, 0.1) is 0 Å². The number of thiophene rings is 1. The van der Waals surface area contributed by atoms with E-state index in [1.165, 1.54) is 28.2 Å². The van der Waals surface area contributed by atoms with E-state index in [4.69, 9.17) is 0 Å². The van der Waals surface area contributed by atoms with E-state index < -0.39 is 6.10 Å². The van der Waals surface area contributed by atoms with E-state index in [-0.39, 0.29) is 0 Å². The summed E-state index contributed by atoms with van der Waals surface area (Å²) in [6, 6.07) is 12.1. The van der Waals surface area contributed by atoms with Gasteiger partial charge in [0.15, 0.2) is 5.01 Å². The molecule has 0 aliphatic rings. The van der Waals surface area contributed by atoms with Crippen LogP contribution in [-0.4, -0.2) is 15.3 Å². The molecule has 4 nitrogen and oxygen atoms in total. The standard InChI is InChI=1S/C16H17N3OS2/c1-10(2)11-5-3-6-12(9-11)17-16-19-18-15(22-16)14(20)13-7-4-8-21-13/h3-10,14,20H,1-2H3,(H,17,19). The highest BCUT2D eigenvalue weighted by Gasteiger charge is 2.17. The number of nitrogens with one attached hydrogen (secondary N) is 1. The maximum Gasteiger partial charge on any atom is 0.210 e. The monoisotopic (exact) mass is 331 g/mol. The minimum Gasteiger partial charge on any atom is -0.380 e. The molecule has 2 heterocycles. The molecule has 6 heteroatoms. The fourth-order valence-corrected chi connectivity index (χ4v) is 3.62. The summed E-state index contributed by atoms with van der Waals surface area (Å²) in [5, 5.41) is 25.0. The molecule has 0 fully saturated rings. The van der Waals surface area contributed by atoms with Crippen LogP contribution >= 0.6 is 22.7 Å². The molecule has 0 radical (unpaired) electrons. The summed E-state index contributed by atoms with van der Waals surface area (Å²) in [4.78, 5) is 0.879. The van der Waals surface area contributed by atoms with Crippen LogP contribution in [0.3, 0.4) is 0 Å². The average molecular weight is 331 g/mol. The summed E-state index contributed by atoms with van der Waals surface area (Å²) in [7, 11) is 0. The lowest BCUT2D eigenvalue weighted by atomic mass is 10.0. The second-order valence-corrected chi connectivity index (χ2v) is 7.26. The van der Waals surface area contributed by atoms with Gasteiger partial charge in [0.2, 0.25) is 5.13 Å². The van der Waals surface area contributed by atoms with Gasteiger partial charge in [-0.1, -0.05) is 43.4 Å². The van der Waals surface area contributed by atoms with Crippen molar-refractivity contribution in [2.24, 2.45) is 0 Å². The molecule has 0 amide bonds. The molecule has 1 atom stereocenters. The zero-order valence-corrected chi connectivity index (χ0v) is 14.0. The molecule has 0 bridgehead atoms. The molecule has 0 aliphatic heterocycles. The van der Waals surface area contributed by atoms with Gasteiger partial charge in [-0.3, -0.25) is 0 Å². The zero-order chi connectivity index (χ0) is 15.5. The number of aliphatic hydroxyl groups is 1. The molecule has 22 heavy (non-hydrogen) atoms. The topological polar surface area (TPSA) is 58.0 Å². The molecule has 0 saturated heterocycles. The van der Waals surface area contributed by atoms with Crippen LogP contribution in [0.5, 0.6) is 0 Å². The number of nitrogens with zero attached hydrogens (tertiary/aromatic N) is 2. The van der Waals surface area contributed by atoms with Gasteiger partial charge in [-0.2, -0.15) is 0 Å². The van der Waals surface area contributed by atoms with Gasteiger partial charge in [0.25, 0.3) is 0 Å². The van der Waals surface area contributed by atoms with Crippen molar-refractivity contribution in [1.29, 1.82) is 0 Å². The molecule has 0 saturated carbocycles. The van der Waals surface area contributed by atoms with Gasteiger partial charge >= 0.3 is 0 Å². The fourth-order valence-electron chi connectivity index (χ4n) is 2.06. The van der Waals surface area contributed by atoms with Crippen LogP contribution in [0.15, 0.2) is 41.8 Å². The Morgan fingerprint density at radius 1 is 1.14 bits per heavy atom. The number of aromatic nitrogens is 2. The van der Waals surface area contributed by atoms with Crippen LogP contribution in [0.25, 0.3) is 0 Å². The van der Waals surface area contributed by atoms with Gasteiger partial charge in [0.05, 0.1) is 0 Å². The third-order valence-electron chi connectivity index (χ3n) is 3.29. The first kappa shape index (κ1) is 15.1. The first-order chi connectivity index (χ1) is 10.6. The molecular weight excluding hydrogens is 314 g/mol. The van der Waals surface area contributed by atoms with E-state index in [1.54, 1.807) is 0 Å². The Bertz CT molecular complexity index is 737. The van der Waals surface area contributed by atoms with Crippen LogP contribution < -0.4 is 5.32 Å². The van der Waals surface area contributed by atoms with Crippen LogP contribution in [0.1, 0.15) is 41.3 Å². The summed E-state index contributed by atoms with van der Waals surface area (Å²) >= 11 is 2.88. The number of anilines is 2. The molecule has 2 aromatic heterocycles. The third-order valence-corrected chi connectivity index (χ3v) is 5.11. The van der Waals surface area contributed by atoms with Crippen LogP contribution in [-0.2, 0) is 0 Å². The predicted octanol–water partition coefficient (Wildman–Crippen LogP) is 4.55. The quantitative estimate of drug-likeness (QED) is 0.720.